The van der Waals surface area contributed by atoms with E-state index in [1.54, 1.807) is 6.92 Å². The van der Waals surface area contributed by atoms with Gasteiger partial charge in [-0.2, -0.15) is 0 Å². The molecule has 1 unspecified atom stereocenters. The summed E-state index contributed by atoms with van der Waals surface area (Å²) in [7, 11) is 0. The summed E-state index contributed by atoms with van der Waals surface area (Å²) in [4.78, 5) is 16.9. The molecule has 1 atom stereocenters. The van der Waals surface area contributed by atoms with Crippen molar-refractivity contribution in [2.75, 3.05) is 5.32 Å². The molecule has 0 aromatic heterocycles. The highest BCUT2D eigenvalue weighted by atomic mass is 16.7. The predicted octanol–water partition coefficient (Wildman–Crippen LogP) is 2.32. The first-order valence-corrected chi connectivity index (χ1v) is 5.43. The number of urea groups is 1. The van der Waals surface area contributed by atoms with Crippen molar-refractivity contribution in [3.8, 4) is 0 Å². The van der Waals surface area contributed by atoms with Gasteiger partial charge in [0.15, 0.2) is 0 Å². The lowest BCUT2D eigenvalue weighted by Gasteiger charge is -2.22. The molecule has 5 heteroatoms. The van der Waals surface area contributed by atoms with Crippen LogP contribution in [0.15, 0.2) is 35.5 Å². The number of nitrogens with zero attached hydrogens (tertiary/aromatic N) is 1. The zero-order valence-corrected chi connectivity index (χ0v) is 9.86. The predicted molar refractivity (Wildman–Crippen MR) is 65.8 cm³/mol. The monoisotopic (exact) mass is 233 g/mol. The van der Waals surface area contributed by atoms with Crippen LogP contribution in [-0.2, 0) is 4.84 Å². The Morgan fingerprint density at radius 3 is 2.71 bits per heavy atom. The second kappa shape index (κ2) is 4.45. The number of anilines is 1. The highest BCUT2D eigenvalue weighted by Gasteiger charge is 2.34. The second-order valence-corrected chi connectivity index (χ2v) is 4.27. The van der Waals surface area contributed by atoms with Gasteiger partial charge in [0.2, 0.25) is 5.72 Å². The standard InChI is InChI=1S/C12H15N3O2/c1-9-8-12(2,17-15-9)14-11(16)13-10-6-4-3-5-7-10/h3-7H,8H2,1-2H3,(H2,13,14,16). The van der Waals surface area contributed by atoms with Crippen molar-refractivity contribution in [2.24, 2.45) is 5.16 Å². The van der Waals surface area contributed by atoms with Crippen molar-refractivity contribution >= 4 is 17.4 Å². The molecule has 17 heavy (non-hydrogen) atoms. The van der Waals surface area contributed by atoms with Gasteiger partial charge in [-0.15, -0.1) is 0 Å². The number of para-hydroxylation sites is 1. The Bertz CT molecular complexity index is 444. The van der Waals surface area contributed by atoms with Gasteiger partial charge < -0.3 is 10.2 Å². The van der Waals surface area contributed by atoms with E-state index in [4.69, 9.17) is 4.84 Å². The molecule has 0 radical (unpaired) electrons. The Morgan fingerprint density at radius 2 is 2.12 bits per heavy atom. The van der Waals surface area contributed by atoms with Gasteiger partial charge >= 0.3 is 6.03 Å². The number of hydrogen-bond acceptors (Lipinski definition) is 3. The highest BCUT2D eigenvalue weighted by Crippen LogP contribution is 2.20. The Balaban J connectivity index is 1.90. The fraction of sp³-hybridized carbons (Fsp3) is 0.333. The molecular formula is C12H15N3O2. The lowest BCUT2D eigenvalue weighted by atomic mass is 10.1. The summed E-state index contributed by atoms with van der Waals surface area (Å²) in [6, 6.07) is 8.94. The number of hydrogen-bond donors (Lipinski definition) is 2. The molecule has 1 aliphatic heterocycles. The maximum atomic E-state index is 11.7. The minimum Gasteiger partial charge on any atom is -0.367 e. The first kappa shape index (κ1) is 11.4. The smallest absolute Gasteiger partial charge is 0.322 e. The van der Waals surface area contributed by atoms with E-state index in [1.807, 2.05) is 37.3 Å². The number of nitrogens with one attached hydrogen (secondary N) is 2. The van der Waals surface area contributed by atoms with Crippen molar-refractivity contribution < 1.29 is 9.63 Å². The average Bonchev–Trinajstić information content (AvgIpc) is 2.59. The lowest BCUT2D eigenvalue weighted by molar-refractivity contribution is -0.0195. The van der Waals surface area contributed by atoms with Crippen LogP contribution >= 0.6 is 0 Å². The van der Waals surface area contributed by atoms with E-state index in [2.05, 4.69) is 15.8 Å². The zero-order valence-electron chi connectivity index (χ0n) is 9.86. The third-order valence-corrected chi connectivity index (χ3v) is 2.41. The fourth-order valence-corrected chi connectivity index (χ4v) is 1.72. The quantitative estimate of drug-likeness (QED) is 0.823. The van der Waals surface area contributed by atoms with Gasteiger partial charge in [-0.1, -0.05) is 23.4 Å². The molecule has 2 N–H and O–H groups in total. The molecule has 0 saturated heterocycles. The van der Waals surface area contributed by atoms with Gasteiger partial charge in [-0.25, -0.2) is 4.79 Å². The van der Waals surface area contributed by atoms with Crippen molar-refractivity contribution in [1.82, 2.24) is 5.32 Å². The summed E-state index contributed by atoms with van der Waals surface area (Å²) in [6.07, 6.45) is 0.592. The molecule has 2 amide bonds. The number of carbonyl (C=O) groups excluding carboxylic acids is 1. The van der Waals surface area contributed by atoms with Crippen LogP contribution in [0.5, 0.6) is 0 Å². The number of amides is 2. The number of benzene rings is 1. The molecule has 2 rings (SSSR count). The second-order valence-electron chi connectivity index (χ2n) is 4.27. The van der Waals surface area contributed by atoms with Crippen LogP contribution < -0.4 is 10.6 Å². The molecule has 5 nitrogen and oxygen atoms in total. The van der Waals surface area contributed by atoms with E-state index in [0.717, 1.165) is 11.4 Å². The van der Waals surface area contributed by atoms with Crippen LogP contribution in [0.1, 0.15) is 20.3 Å². The van der Waals surface area contributed by atoms with Gasteiger partial charge in [0.05, 0.1) is 12.1 Å². The first-order chi connectivity index (χ1) is 8.07. The van der Waals surface area contributed by atoms with Crippen molar-refractivity contribution in [1.29, 1.82) is 0 Å². The van der Waals surface area contributed by atoms with Gasteiger partial charge in [0.25, 0.3) is 0 Å². The average molecular weight is 233 g/mol. The molecule has 0 aliphatic carbocycles. The lowest BCUT2D eigenvalue weighted by Crippen LogP contribution is -2.47. The summed E-state index contributed by atoms with van der Waals surface area (Å²) >= 11 is 0. The molecular weight excluding hydrogens is 218 g/mol. The van der Waals surface area contributed by atoms with Crippen LogP contribution in [0.3, 0.4) is 0 Å². The summed E-state index contributed by atoms with van der Waals surface area (Å²) in [5.74, 6) is 0. The largest absolute Gasteiger partial charge is 0.367 e. The summed E-state index contributed by atoms with van der Waals surface area (Å²) < 4.78 is 0. The van der Waals surface area contributed by atoms with Gasteiger partial charge in [-0.05, 0) is 26.0 Å². The van der Waals surface area contributed by atoms with Gasteiger partial charge in [0.1, 0.15) is 0 Å². The van der Waals surface area contributed by atoms with Gasteiger partial charge in [-0.3, -0.25) is 5.32 Å². The highest BCUT2D eigenvalue weighted by molar-refractivity contribution is 5.91. The molecule has 0 fully saturated rings. The molecule has 0 bridgehead atoms. The number of oxime groups is 1. The number of carbonyl (C=O) groups is 1. The van der Waals surface area contributed by atoms with Crippen LogP contribution in [0.2, 0.25) is 0 Å². The van der Waals surface area contributed by atoms with Crippen LogP contribution in [0.25, 0.3) is 0 Å². The summed E-state index contributed by atoms with van der Waals surface area (Å²) in [6.45, 7) is 3.65. The van der Waals surface area contributed by atoms with E-state index >= 15 is 0 Å². The molecule has 1 heterocycles. The minimum atomic E-state index is -0.747. The number of rotatable bonds is 2. The zero-order chi connectivity index (χ0) is 12.3. The topological polar surface area (TPSA) is 62.7 Å². The van der Waals surface area contributed by atoms with Crippen molar-refractivity contribution in [3.63, 3.8) is 0 Å². The third kappa shape index (κ3) is 2.96. The van der Waals surface area contributed by atoms with E-state index in [0.29, 0.717) is 6.42 Å². The van der Waals surface area contributed by atoms with Crippen LogP contribution in [0, 0.1) is 0 Å². The minimum absolute atomic E-state index is 0.302. The van der Waals surface area contributed by atoms with E-state index < -0.39 is 5.72 Å². The molecule has 1 aromatic rings. The first-order valence-electron chi connectivity index (χ1n) is 5.43. The normalized spacial score (nSPS) is 22.6. The fourth-order valence-electron chi connectivity index (χ4n) is 1.72. The van der Waals surface area contributed by atoms with E-state index in [1.165, 1.54) is 0 Å². The van der Waals surface area contributed by atoms with Gasteiger partial charge in [0, 0.05) is 5.69 Å². The summed E-state index contributed by atoms with van der Waals surface area (Å²) in [5, 5.41) is 9.30. The molecule has 0 saturated carbocycles. The Hall–Kier alpha value is -2.04. The van der Waals surface area contributed by atoms with Crippen molar-refractivity contribution in [2.45, 2.75) is 26.0 Å². The third-order valence-electron chi connectivity index (χ3n) is 2.41. The molecule has 1 aliphatic rings. The Kier molecular flexibility index (Phi) is 2.99. The maximum absolute atomic E-state index is 11.7. The Labute approximate surface area is 99.8 Å². The maximum Gasteiger partial charge on any atom is 0.322 e. The SMILES string of the molecule is CC1=NOC(C)(NC(=O)Nc2ccccc2)C1. The van der Waals surface area contributed by atoms with Crippen LogP contribution in [-0.4, -0.2) is 17.5 Å². The van der Waals surface area contributed by atoms with Crippen molar-refractivity contribution in [3.05, 3.63) is 30.3 Å². The van der Waals surface area contributed by atoms with E-state index in [-0.39, 0.29) is 6.03 Å². The molecule has 0 spiro atoms. The van der Waals surface area contributed by atoms with Crippen LogP contribution in [0.4, 0.5) is 10.5 Å². The van der Waals surface area contributed by atoms with E-state index in [9.17, 15) is 4.79 Å². The Morgan fingerprint density at radius 1 is 1.41 bits per heavy atom. The molecule has 90 valence electrons. The molecule has 1 aromatic carbocycles. The summed E-state index contributed by atoms with van der Waals surface area (Å²) in [5.41, 5.74) is 0.861.